The van der Waals surface area contributed by atoms with Crippen LogP contribution in [0.4, 0.5) is 0 Å². The van der Waals surface area contributed by atoms with Crippen molar-refractivity contribution in [2.45, 2.75) is 5.92 Å². The van der Waals surface area contributed by atoms with Crippen LogP contribution in [0.3, 0.4) is 0 Å². The smallest absolute Gasteiger partial charge is 0.0204 e. The van der Waals surface area contributed by atoms with Gasteiger partial charge in [0.1, 0.15) is 0 Å². The Morgan fingerprint density at radius 2 is 1.28 bits per heavy atom. The Kier molecular flexibility index (Phi) is 3.39. The molecule has 88 valence electrons. The summed E-state index contributed by atoms with van der Waals surface area (Å²) in [5, 5.41) is 2.79. The summed E-state index contributed by atoms with van der Waals surface area (Å²) in [7, 11) is 0.748. The molecule has 0 amide bonds. The summed E-state index contributed by atoms with van der Waals surface area (Å²) >= 11 is 0. The summed E-state index contributed by atoms with van der Waals surface area (Å²) in [4.78, 5) is 0. The number of allylic oxidation sites excluding steroid dienone is 4. The molecule has 1 heteroatoms. The molecule has 3 rings (SSSR count). The maximum absolute atomic E-state index is 2.25. The molecule has 0 saturated heterocycles. The molecule has 0 aromatic heterocycles. The first kappa shape index (κ1) is 11.4. The lowest BCUT2D eigenvalue weighted by atomic mass is 10.0. The Morgan fingerprint density at radius 3 is 1.94 bits per heavy atom. The lowest BCUT2D eigenvalue weighted by Gasteiger charge is -2.07. The zero-order chi connectivity index (χ0) is 12.2. The maximum atomic E-state index is 2.25. The molecule has 0 fully saturated rings. The van der Waals surface area contributed by atoms with Crippen molar-refractivity contribution in [1.29, 1.82) is 0 Å². The second-order valence-electron chi connectivity index (χ2n) is 4.41. The van der Waals surface area contributed by atoms with E-state index in [4.69, 9.17) is 0 Å². The van der Waals surface area contributed by atoms with Gasteiger partial charge in [0, 0.05) is 5.92 Å². The lowest BCUT2D eigenvalue weighted by molar-refractivity contribution is 1.11. The van der Waals surface area contributed by atoms with Crippen molar-refractivity contribution >= 4 is 19.2 Å². The predicted molar refractivity (Wildman–Crippen MR) is 81.5 cm³/mol. The number of hydrogen-bond acceptors (Lipinski definition) is 0. The van der Waals surface area contributed by atoms with Crippen molar-refractivity contribution < 1.29 is 0 Å². The SMILES string of the molecule is C1=CC(c2ccc(Pc3ccccc3)cc2)C=C1. The molecule has 0 heterocycles. The Labute approximate surface area is 110 Å². The maximum Gasteiger partial charge on any atom is 0.0204 e. The Morgan fingerprint density at radius 1 is 0.667 bits per heavy atom. The van der Waals surface area contributed by atoms with Crippen LogP contribution in [-0.4, -0.2) is 0 Å². The molecule has 0 radical (unpaired) electrons. The van der Waals surface area contributed by atoms with Crippen molar-refractivity contribution in [2.24, 2.45) is 0 Å². The summed E-state index contributed by atoms with van der Waals surface area (Å²) < 4.78 is 0. The summed E-state index contributed by atoms with van der Waals surface area (Å²) in [6.07, 6.45) is 8.69. The molecule has 0 spiro atoms. The molecule has 0 aliphatic heterocycles. The summed E-state index contributed by atoms with van der Waals surface area (Å²) in [5.74, 6) is 0.471. The highest BCUT2D eigenvalue weighted by Crippen LogP contribution is 2.22. The largest absolute Gasteiger partial charge is 0.0732 e. The summed E-state index contributed by atoms with van der Waals surface area (Å²) in [6.45, 7) is 0. The zero-order valence-corrected chi connectivity index (χ0v) is 11.1. The van der Waals surface area contributed by atoms with Gasteiger partial charge in [0.15, 0.2) is 0 Å². The standard InChI is InChI=1S/C17H15P/c1-2-8-16(9-3-1)18-17-12-10-15(11-13-17)14-6-4-5-7-14/h1-14,18H. The summed E-state index contributed by atoms with van der Waals surface area (Å²) in [6, 6.07) is 19.6. The molecule has 1 aliphatic carbocycles. The van der Waals surface area contributed by atoms with Gasteiger partial charge in [-0.15, -0.1) is 0 Å². The highest BCUT2D eigenvalue weighted by Gasteiger charge is 2.06. The average Bonchev–Trinajstić information content (AvgIpc) is 2.95. The fourth-order valence-electron chi connectivity index (χ4n) is 2.13. The van der Waals surface area contributed by atoms with Crippen molar-refractivity contribution in [3.8, 4) is 0 Å². The fraction of sp³-hybridized carbons (Fsp3) is 0.0588. The zero-order valence-electron chi connectivity index (χ0n) is 10.1. The molecule has 1 unspecified atom stereocenters. The van der Waals surface area contributed by atoms with Crippen molar-refractivity contribution in [3.05, 3.63) is 84.5 Å². The van der Waals surface area contributed by atoms with E-state index >= 15 is 0 Å². The second kappa shape index (κ2) is 5.33. The van der Waals surface area contributed by atoms with Crippen LogP contribution in [0.1, 0.15) is 11.5 Å². The summed E-state index contributed by atoms with van der Waals surface area (Å²) in [5.41, 5.74) is 1.38. The van der Waals surface area contributed by atoms with E-state index in [1.165, 1.54) is 16.2 Å². The van der Waals surface area contributed by atoms with Crippen molar-refractivity contribution in [2.75, 3.05) is 0 Å². The topological polar surface area (TPSA) is 0 Å². The van der Waals surface area contributed by atoms with Crippen LogP contribution in [0.25, 0.3) is 0 Å². The Bertz CT molecular complexity index is 552. The number of rotatable bonds is 3. The minimum Gasteiger partial charge on any atom is -0.0732 e. The van der Waals surface area contributed by atoms with E-state index in [0.717, 1.165) is 8.58 Å². The molecule has 0 bridgehead atoms. The molecule has 1 aliphatic rings. The molecular weight excluding hydrogens is 235 g/mol. The van der Waals surface area contributed by atoms with Crippen LogP contribution in [0.2, 0.25) is 0 Å². The van der Waals surface area contributed by atoms with Gasteiger partial charge >= 0.3 is 0 Å². The van der Waals surface area contributed by atoms with Gasteiger partial charge in [-0.05, 0) is 16.2 Å². The minimum absolute atomic E-state index is 0.471. The van der Waals surface area contributed by atoms with Crippen LogP contribution in [0.5, 0.6) is 0 Å². The van der Waals surface area contributed by atoms with Crippen molar-refractivity contribution in [1.82, 2.24) is 0 Å². The van der Waals surface area contributed by atoms with E-state index in [1.807, 2.05) is 0 Å². The van der Waals surface area contributed by atoms with Gasteiger partial charge in [-0.3, -0.25) is 0 Å². The molecular formula is C17H15P. The number of benzene rings is 2. The first-order valence-corrected chi connectivity index (χ1v) is 7.19. The lowest BCUT2D eigenvalue weighted by Crippen LogP contribution is -2.03. The van der Waals surface area contributed by atoms with Crippen LogP contribution in [0, 0.1) is 0 Å². The first-order chi connectivity index (χ1) is 8.92. The van der Waals surface area contributed by atoms with Crippen LogP contribution >= 0.6 is 8.58 Å². The average molecular weight is 250 g/mol. The normalized spacial score (nSPS) is 14.9. The fourth-order valence-corrected chi connectivity index (χ4v) is 3.16. The van der Waals surface area contributed by atoms with Crippen molar-refractivity contribution in [3.63, 3.8) is 0 Å². The van der Waals surface area contributed by atoms with E-state index in [-0.39, 0.29) is 0 Å². The third-order valence-corrected chi connectivity index (χ3v) is 4.35. The van der Waals surface area contributed by atoms with Gasteiger partial charge in [0.25, 0.3) is 0 Å². The molecule has 18 heavy (non-hydrogen) atoms. The van der Waals surface area contributed by atoms with Gasteiger partial charge in [-0.2, -0.15) is 0 Å². The van der Waals surface area contributed by atoms with E-state index in [2.05, 4.69) is 78.9 Å². The minimum atomic E-state index is 0.471. The number of hydrogen-bond donors (Lipinski definition) is 0. The van der Waals surface area contributed by atoms with Gasteiger partial charge in [-0.25, -0.2) is 0 Å². The molecule has 1 atom stereocenters. The molecule has 0 N–H and O–H groups in total. The Balaban J connectivity index is 1.75. The van der Waals surface area contributed by atoms with E-state index in [0.29, 0.717) is 5.92 Å². The first-order valence-electron chi connectivity index (χ1n) is 6.19. The van der Waals surface area contributed by atoms with Crippen LogP contribution in [-0.2, 0) is 0 Å². The quantitative estimate of drug-likeness (QED) is 0.731. The van der Waals surface area contributed by atoms with Gasteiger partial charge in [0.2, 0.25) is 0 Å². The van der Waals surface area contributed by atoms with Crippen LogP contribution < -0.4 is 10.6 Å². The second-order valence-corrected chi connectivity index (χ2v) is 5.81. The highest BCUT2D eigenvalue weighted by atomic mass is 31.1. The third kappa shape index (κ3) is 2.60. The Hall–Kier alpha value is -1.65. The third-order valence-electron chi connectivity index (χ3n) is 3.11. The van der Waals surface area contributed by atoms with E-state index < -0.39 is 0 Å². The molecule has 0 saturated carbocycles. The molecule has 0 nitrogen and oxygen atoms in total. The monoisotopic (exact) mass is 250 g/mol. The molecule has 2 aromatic rings. The van der Waals surface area contributed by atoms with Gasteiger partial charge in [0.05, 0.1) is 0 Å². The van der Waals surface area contributed by atoms with Gasteiger partial charge < -0.3 is 0 Å². The predicted octanol–water partition coefficient (Wildman–Crippen LogP) is 3.53. The van der Waals surface area contributed by atoms with Crippen LogP contribution in [0.15, 0.2) is 78.9 Å². The van der Waals surface area contributed by atoms with Gasteiger partial charge in [-0.1, -0.05) is 87.5 Å². The molecule has 2 aromatic carbocycles. The highest BCUT2D eigenvalue weighted by molar-refractivity contribution is 7.55. The van der Waals surface area contributed by atoms with E-state index in [1.54, 1.807) is 0 Å². The van der Waals surface area contributed by atoms with E-state index in [9.17, 15) is 0 Å².